The van der Waals surface area contributed by atoms with Gasteiger partial charge in [-0.2, -0.15) is 0 Å². The molecular formula is C17H27N7O5S. The van der Waals surface area contributed by atoms with E-state index >= 15 is 0 Å². The topological polar surface area (TPSA) is 169 Å². The molecule has 0 radical (unpaired) electrons. The predicted octanol–water partition coefficient (Wildman–Crippen LogP) is -2.28. The van der Waals surface area contributed by atoms with E-state index in [4.69, 9.17) is 10.5 Å². The Morgan fingerprint density at radius 2 is 2.17 bits per heavy atom. The van der Waals surface area contributed by atoms with E-state index in [1.807, 2.05) is 14.1 Å². The number of nitrogens with one attached hydrogen (secondary N) is 1. The number of aliphatic hydroxyl groups excluding tert-OH is 2. The highest BCUT2D eigenvalue weighted by atomic mass is 32.2. The molecule has 1 fully saturated rings. The average molecular weight is 442 g/mol. The number of fused-ring (bicyclic) bond motifs is 1. The summed E-state index contributed by atoms with van der Waals surface area (Å²) in [7, 11) is 2.58. The van der Waals surface area contributed by atoms with Crippen LogP contribution in [0.5, 0.6) is 0 Å². The number of carbonyl (C=O) groups is 1. The van der Waals surface area contributed by atoms with Crippen molar-refractivity contribution in [3.63, 3.8) is 0 Å². The molecule has 1 aliphatic rings. The number of nitrogens with two attached hydrogens (primary N) is 1. The summed E-state index contributed by atoms with van der Waals surface area (Å²) in [5.41, 5.74) is 6.83. The third-order valence-corrected chi connectivity index (χ3v) is 5.76. The van der Waals surface area contributed by atoms with Crippen LogP contribution in [0.2, 0.25) is 0 Å². The van der Waals surface area contributed by atoms with Crippen molar-refractivity contribution in [3.8, 4) is 0 Å². The standard InChI is InChI=1S/C17H27N7O5S/c1-23(2)14-12-15(20-7-19-14)24(8-21-12)17-13(26)11(10(6-25)29-17)22-16(27)9(18)4-5-30(3)28/h7-11,13,17,25-26H,4-6,18H2,1-3H3,(H,22,27)/t9-,10+,11+,13+,17+,30?/m0/s1. The maximum Gasteiger partial charge on any atom is 0.237 e. The van der Waals surface area contributed by atoms with Crippen LogP contribution >= 0.6 is 0 Å². The molecule has 13 heteroatoms. The van der Waals surface area contributed by atoms with Crippen LogP contribution in [0.15, 0.2) is 12.7 Å². The van der Waals surface area contributed by atoms with Crippen LogP contribution in [0.25, 0.3) is 11.2 Å². The molecular weight excluding hydrogens is 414 g/mol. The van der Waals surface area contributed by atoms with Crippen molar-refractivity contribution >= 4 is 33.7 Å². The first-order valence-corrected chi connectivity index (χ1v) is 11.1. The maximum atomic E-state index is 12.4. The normalized spacial score (nSPS) is 25.9. The van der Waals surface area contributed by atoms with Gasteiger partial charge in [0.15, 0.2) is 23.2 Å². The molecule has 3 heterocycles. The number of ether oxygens (including phenoxy) is 1. The van der Waals surface area contributed by atoms with E-state index < -0.39 is 53.8 Å². The highest BCUT2D eigenvalue weighted by Crippen LogP contribution is 2.32. The van der Waals surface area contributed by atoms with Gasteiger partial charge in [0.1, 0.15) is 18.5 Å². The maximum absolute atomic E-state index is 12.4. The molecule has 0 bridgehead atoms. The molecule has 1 aliphatic heterocycles. The van der Waals surface area contributed by atoms with Crippen molar-refractivity contribution in [1.29, 1.82) is 0 Å². The molecule has 2 aromatic heterocycles. The predicted molar refractivity (Wildman–Crippen MR) is 110 cm³/mol. The van der Waals surface area contributed by atoms with E-state index in [1.165, 1.54) is 18.9 Å². The number of rotatable bonds is 8. The molecule has 1 saturated heterocycles. The van der Waals surface area contributed by atoms with E-state index in [0.717, 1.165) is 0 Å². The Morgan fingerprint density at radius 3 is 2.80 bits per heavy atom. The summed E-state index contributed by atoms with van der Waals surface area (Å²) in [6.45, 7) is -0.419. The molecule has 166 valence electrons. The Kier molecular flexibility index (Phi) is 6.98. The third-order valence-electron chi connectivity index (χ3n) is 4.95. The minimum absolute atomic E-state index is 0.238. The second-order valence-electron chi connectivity index (χ2n) is 7.36. The quantitative estimate of drug-likeness (QED) is 0.350. The van der Waals surface area contributed by atoms with Crippen molar-refractivity contribution in [3.05, 3.63) is 12.7 Å². The molecule has 1 unspecified atom stereocenters. The fraction of sp³-hybridized carbons (Fsp3) is 0.647. The van der Waals surface area contributed by atoms with Gasteiger partial charge >= 0.3 is 0 Å². The van der Waals surface area contributed by atoms with Gasteiger partial charge in [0.05, 0.1) is 25.0 Å². The second kappa shape index (κ2) is 9.31. The lowest BCUT2D eigenvalue weighted by molar-refractivity contribution is -0.124. The van der Waals surface area contributed by atoms with Crippen LogP contribution in [0.4, 0.5) is 5.82 Å². The molecule has 0 spiro atoms. The van der Waals surface area contributed by atoms with Gasteiger partial charge in [-0.1, -0.05) is 0 Å². The van der Waals surface area contributed by atoms with Gasteiger partial charge < -0.3 is 30.9 Å². The van der Waals surface area contributed by atoms with Gasteiger partial charge in [0, 0.05) is 36.9 Å². The fourth-order valence-corrected chi connectivity index (χ4v) is 3.94. The summed E-state index contributed by atoms with van der Waals surface area (Å²) < 4.78 is 18.6. The van der Waals surface area contributed by atoms with Crippen LogP contribution in [0.1, 0.15) is 12.6 Å². The molecule has 3 rings (SSSR count). The smallest absolute Gasteiger partial charge is 0.237 e. The van der Waals surface area contributed by atoms with E-state index in [-0.39, 0.29) is 6.42 Å². The monoisotopic (exact) mass is 441 g/mol. The van der Waals surface area contributed by atoms with Crippen molar-refractivity contribution in [2.75, 3.05) is 37.6 Å². The first kappa shape index (κ1) is 22.5. The van der Waals surface area contributed by atoms with Gasteiger partial charge in [0.25, 0.3) is 0 Å². The number of hydrogen-bond donors (Lipinski definition) is 4. The molecule has 0 aromatic carbocycles. The number of anilines is 1. The summed E-state index contributed by atoms with van der Waals surface area (Å²) in [5.74, 6) is 0.383. The van der Waals surface area contributed by atoms with Crippen LogP contribution in [-0.4, -0.2) is 96.9 Å². The first-order valence-electron chi connectivity index (χ1n) is 9.39. The molecule has 5 N–H and O–H groups in total. The SMILES string of the molecule is CN(C)c1ncnc2c1ncn2[C@@H]1O[C@H](CO)[C@@H](NC(=O)[C@@H](N)CCS(C)=O)[C@H]1O. The first-order chi connectivity index (χ1) is 14.2. The van der Waals surface area contributed by atoms with Crippen LogP contribution < -0.4 is 16.0 Å². The van der Waals surface area contributed by atoms with Crippen molar-refractivity contribution in [2.24, 2.45) is 5.73 Å². The minimum atomic E-state index is -1.19. The van der Waals surface area contributed by atoms with Gasteiger partial charge in [-0.05, 0) is 6.42 Å². The second-order valence-corrected chi connectivity index (χ2v) is 8.92. The molecule has 0 aliphatic carbocycles. The number of nitrogens with zero attached hydrogens (tertiary/aromatic N) is 5. The number of imidazole rings is 1. The van der Waals surface area contributed by atoms with Crippen LogP contribution in [0, 0.1) is 0 Å². The molecule has 1 amide bonds. The lowest BCUT2D eigenvalue weighted by atomic mass is 10.1. The van der Waals surface area contributed by atoms with Gasteiger partial charge in [0.2, 0.25) is 5.91 Å². The highest BCUT2D eigenvalue weighted by Gasteiger charge is 2.46. The Balaban J connectivity index is 1.81. The molecule has 12 nitrogen and oxygen atoms in total. The van der Waals surface area contributed by atoms with E-state index in [1.54, 1.807) is 9.47 Å². The molecule has 0 saturated carbocycles. The Bertz CT molecular complexity index is 923. The Labute approximate surface area is 175 Å². The lowest BCUT2D eigenvalue weighted by Gasteiger charge is -2.22. The van der Waals surface area contributed by atoms with E-state index in [2.05, 4.69) is 20.3 Å². The molecule has 6 atom stereocenters. The van der Waals surface area contributed by atoms with Crippen molar-refractivity contribution in [2.45, 2.75) is 36.9 Å². The van der Waals surface area contributed by atoms with Crippen molar-refractivity contribution in [1.82, 2.24) is 24.8 Å². The van der Waals surface area contributed by atoms with Crippen LogP contribution in [0.3, 0.4) is 0 Å². The molecule has 2 aromatic rings. The fourth-order valence-electron chi connectivity index (χ4n) is 3.35. The summed E-state index contributed by atoms with van der Waals surface area (Å²) in [4.78, 5) is 27.0. The zero-order valence-corrected chi connectivity index (χ0v) is 17.8. The van der Waals surface area contributed by atoms with Gasteiger partial charge in [-0.15, -0.1) is 0 Å². The summed E-state index contributed by atoms with van der Waals surface area (Å²) in [6.07, 6.45) is 1.66. The number of carbonyl (C=O) groups excluding carboxylic acids is 1. The largest absolute Gasteiger partial charge is 0.394 e. The zero-order valence-electron chi connectivity index (χ0n) is 17.0. The third kappa shape index (κ3) is 4.44. The number of hydrogen-bond acceptors (Lipinski definition) is 10. The van der Waals surface area contributed by atoms with E-state index in [0.29, 0.717) is 22.7 Å². The van der Waals surface area contributed by atoms with E-state index in [9.17, 15) is 19.2 Å². The summed E-state index contributed by atoms with van der Waals surface area (Å²) in [5, 5.41) is 23.2. The summed E-state index contributed by atoms with van der Waals surface area (Å²) in [6, 6.07) is -1.78. The number of aromatic nitrogens is 4. The van der Waals surface area contributed by atoms with Crippen molar-refractivity contribution < 1.29 is 24.0 Å². The summed E-state index contributed by atoms with van der Waals surface area (Å²) >= 11 is 0. The zero-order chi connectivity index (χ0) is 22.0. The average Bonchev–Trinajstić information content (AvgIpc) is 3.27. The lowest BCUT2D eigenvalue weighted by Crippen LogP contribution is -2.53. The number of amides is 1. The van der Waals surface area contributed by atoms with Gasteiger partial charge in [-0.3, -0.25) is 13.6 Å². The van der Waals surface area contributed by atoms with Crippen LogP contribution in [-0.2, 0) is 20.3 Å². The van der Waals surface area contributed by atoms with Gasteiger partial charge in [-0.25, -0.2) is 15.0 Å². The Morgan fingerprint density at radius 1 is 1.43 bits per heavy atom. The number of aliphatic hydroxyl groups is 2. The highest BCUT2D eigenvalue weighted by molar-refractivity contribution is 7.84. The molecule has 30 heavy (non-hydrogen) atoms. The minimum Gasteiger partial charge on any atom is -0.394 e. The Hall–Kier alpha value is -2.19.